The average Bonchev–Trinajstić information content (AvgIpc) is 2.48. The van der Waals surface area contributed by atoms with Crippen LogP contribution in [0.2, 0.25) is 0 Å². The van der Waals surface area contributed by atoms with Crippen molar-refractivity contribution in [3.8, 4) is 11.5 Å². The van der Waals surface area contributed by atoms with E-state index in [2.05, 4.69) is 12.2 Å². The van der Waals surface area contributed by atoms with Crippen LogP contribution in [0.15, 0.2) is 18.2 Å². The maximum atomic E-state index is 9.64. The summed E-state index contributed by atoms with van der Waals surface area (Å²) >= 11 is 0. The van der Waals surface area contributed by atoms with Crippen molar-refractivity contribution < 1.29 is 14.9 Å². The van der Waals surface area contributed by atoms with Crippen molar-refractivity contribution in [3.63, 3.8) is 0 Å². The van der Waals surface area contributed by atoms with Crippen LogP contribution in [-0.2, 0) is 0 Å². The Bertz CT molecular complexity index is 436. The third kappa shape index (κ3) is 3.44. The quantitative estimate of drug-likeness (QED) is 0.775. The molecule has 3 N–H and O–H groups in total. The molecule has 0 heterocycles. The molecule has 0 radical (unpaired) electrons. The van der Waals surface area contributed by atoms with Crippen molar-refractivity contribution in [2.45, 2.75) is 44.7 Å². The average molecular weight is 279 g/mol. The van der Waals surface area contributed by atoms with Crippen molar-refractivity contribution in [1.29, 1.82) is 0 Å². The predicted octanol–water partition coefficient (Wildman–Crippen LogP) is 2.60. The fourth-order valence-electron chi connectivity index (χ4n) is 3.03. The zero-order valence-electron chi connectivity index (χ0n) is 12.3. The van der Waals surface area contributed by atoms with Crippen molar-refractivity contribution in [2.24, 2.45) is 5.92 Å². The lowest BCUT2D eigenvalue weighted by atomic mass is 9.84. The van der Waals surface area contributed by atoms with E-state index in [4.69, 9.17) is 4.74 Å². The summed E-state index contributed by atoms with van der Waals surface area (Å²) in [5.41, 5.74) is 1.09. The first kappa shape index (κ1) is 15.1. The van der Waals surface area contributed by atoms with Gasteiger partial charge in [0.05, 0.1) is 7.11 Å². The van der Waals surface area contributed by atoms with Gasteiger partial charge in [-0.1, -0.05) is 18.9 Å². The van der Waals surface area contributed by atoms with Gasteiger partial charge in [-0.15, -0.1) is 0 Å². The fourth-order valence-corrected chi connectivity index (χ4v) is 3.03. The lowest BCUT2D eigenvalue weighted by Gasteiger charge is -2.33. The van der Waals surface area contributed by atoms with Crippen LogP contribution in [0.5, 0.6) is 11.5 Å². The number of aromatic hydroxyl groups is 1. The number of nitrogens with one attached hydrogen (secondary N) is 1. The molecule has 0 saturated heterocycles. The Balaban J connectivity index is 2.05. The minimum Gasteiger partial charge on any atom is -0.504 e. The number of aliphatic hydroxyl groups is 1. The van der Waals surface area contributed by atoms with E-state index < -0.39 is 0 Å². The van der Waals surface area contributed by atoms with Crippen molar-refractivity contribution >= 4 is 0 Å². The van der Waals surface area contributed by atoms with Crippen molar-refractivity contribution in [2.75, 3.05) is 13.7 Å². The second-order valence-electron chi connectivity index (χ2n) is 5.65. The molecule has 4 nitrogen and oxygen atoms in total. The lowest BCUT2D eigenvalue weighted by molar-refractivity contribution is 0.147. The Kier molecular flexibility index (Phi) is 5.26. The van der Waals surface area contributed by atoms with Gasteiger partial charge in [-0.2, -0.15) is 0 Å². The Morgan fingerprint density at radius 3 is 2.80 bits per heavy atom. The van der Waals surface area contributed by atoms with Gasteiger partial charge in [0.1, 0.15) is 0 Å². The van der Waals surface area contributed by atoms with E-state index >= 15 is 0 Å². The number of rotatable bonds is 5. The number of methoxy groups -OCH3 is 1. The highest BCUT2D eigenvalue weighted by Crippen LogP contribution is 2.30. The molecular formula is C16H25NO3. The number of hydrogen-bond acceptors (Lipinski definition) is 4. The normalized spacial score (nSPS) is 24.4. The summed E-state index contributed by atoms with van der Waals surface area (Å²) in [7, 11) is 1.56. The smallest absolute Gasteiger partial charge is 0.160 e. The molecule has 0 aromatic heterocycles. The van der Waals surface area contributed by atoms with E-state index in [-0.39, 0.29) is 18.4 Å². The van der Waals surface area contributed by atoms with E-state index in [9.17, 15) is 10.2 Å². The largest absolute Gasteiger partial charge is 0.504 e. The molecule has 0 spiro atoms. The Hall–Kier alpha value is -1.26. The monoisotopic (exact) mass is 279 g/mol. The molecule has 1 aromatic carbocycles. The number of phenols is 1. The predicted molar refractivity (Wildman–Crippen MR) is 79.0 cm³/mol. The number of phenolic OH excluding ortho intramolecular Hbond substituents is 1. The van der Waals surface area contributed by atoms with E-state index in [1.165, 1.54) is 12.8 Å². The SMILES string of the molecule is COc1cc(C(C)NC2CCCCC2CO)ccc1O. The lowest BCUT2D eigenvalue weighted by Crippen LogP contribution is -2.41. The number of aliphatic hydroxyl groups excluding tert-OH is 1. The summed E-state index contributed by atoms with van der Waals surface area (Å²) < 4.78 is 5.15. The van der Waals surface area contributed by atoms with Crippen LogP contribution in [0.25, 0.3) is 0 Å². The van der Waals surface area contributed by atoms with Crippen molar-refractivity contribution in [1.82, 2.24) is 5.32 Å². The van der Waals surface area contributed by atoms with Gasteiger partial charge in [-0.05, 0) is 43.4 Å². The second kappa shape index (κ2) is 6.95. The Labute approximate surface area is 120 Å². The number of benzene rings is 1. The van der Waals surface area contributed by atoms with Gasteiger partial charge >= 0.3 is 0 Å². The zero-order valence-corrected chi connectivity index (χ0v) is 12.3. The first-order chi connectivity index (χ1) is 9.65. The van der Waals surface area contributed by atoms with Crippen molar-refractivity contribution in [3.05, 3.63) is 23.8 Å². The first-order valence-electron chi connectivity index (χ1n) is 7.39. The van der Waals surface area contributed by atoms with Crippen LogP contribution in [0.4, 0.5) is 0 Å². The molecule has 1 aliphatic rings. The van der Waals surface area contributed by atoms with Crippen LogP contribution < -0.4 is 10.1 Å². The molecule has 0 amide bonds. The van der Waals surface area contributed by atoms with E-state index in [1.54, 1.807) is 13.2 Å². The van der Waals surface area contributed by atoms with E-state index in [1.807, 2.05) is 12.1 Å². The molecule has 1 saturated carbocycles. The molecule has 0 bridgehead atoms. The molecule has 1 aromatic rings. The van der Waals surface area contributed by atoms with Gasteiger partial charge in [-0.3, -0.25) is 0 Å². The number of hydrogen-bond donors (Lipinski definition) is 3. The summed E-state index contributed by atoms with van der Waals surface area (Å²) in [5, 5.41) is 22.7. The molecule has 3 atom stereocenters. The molecule has 4 heteroatoms. The highest BCUT2D eigenvalue weighted by Gasteiger charge is 2.25. The minimum absolute atomic E-state index is 0.161. The molecule has 2 rings (SSSR count). The summed E-state index contributed by atoms with van der Waals surface area (Å²) in [6.07, 6.45) is 4.65. The molecular weight excluding hydrogens is 254 g/mol. The first-order valence-corrected chi connectivity index (χ1v) is 7.39. The van der Waals surface area contributed by atoms with E-state index in [0.29, 0.717) is 17.7 Å². The van der Waals surface area contributed by atoms with Crippen LogP contribution in [0.3, 0.4) is 0 Å². The van der Waals surface area contributed by atoms with Gasteiger partial charge in [0, 0.05) is 18.7 Å². The minimum atomic E-state index is 0.161. The summed E-state index contributed by atoms with van der Waals surface area (Å²) in [5.74, 6) is 1.01. The molecule has 20 heavy (non-hydrogen) atoms. The van der Waals surface area contributed by atoms with Gasteiger partial charge in [0.25, 0.3) is 0 Å². The molecule has 1 fully saturated rings. The fraction of sp³-hybridized carbons (Fsp3) is 0.625. The maximum absolute atomic E-state index is 9.64. The Morgan fingerprint density at radius 2 is 2.10 bits per heavy atom. The van der Waals surface area contributed by atoms with Gasteiger partial charge < -0.3 is 20.3 Å². The van der Waals surface area contributed by atoms with Crippen LogP contribution in [-0.4, -0.2) is 30.0 Å². The summed E-state index contributed by atoms with van der Waals surface area (Å²) in [6, 6.07) is 5.97. The third-order valence-electron chi connectivity index (χ3n) is 4.31. The third-order valence-corrected chi connectivity index (χ3v) is 4.31. The topological polar surface area (TPSA) is 61.7 Å². The molecule has 3 unspecified atom stereocenters. The zero-order chi connectivity index (χ0) is 14.5. The molecule has 112 valence electrons. The highest BCUT2D eigenvalue weighted by atomic mass is 16.5. The molecule has 1 aliphatic carbocycles. The standard InChI is InChI=1S/C16H25NO3/c1-11(12-7-8-15(19)16(9-12)20-2)17-14-6-4-3-5-13(14)10-18/h7-9,11,13-14,17-19H,3-6,10H2,1-2H3. The molecule has 0 aliphatic heterocycles. The Morgan fingerprint density at radius 1 is 1.35 bits per heavy atom. The second-order valence-corrected chi connectivity index (χ2v) is 5.65. The van der Waals surface area contributed by atoms with Crippen LogP contribution in [0.1, 0.15) is 44.2 Å². The van der Waals surface area contributed by atoms with E-state index in [0.717, 1.165) is 18.4 Å². The van der Waals surface area contributed by atoms with Gasteiger partial charge in [0.2, 0.25) is 0 Å². The highest BCUT2D eigenvalue weighted by molar-refractivity contribution is 5.42. The van der Waals surface area contributed by atoms with Crippen LogP contribution >= 0.6 is 0 Å². The van der Waals surface area contributed by atoms with Gasteiger partial charge in [0.15, 0.2) is 11.5 Å². The maximum Gasteiger partial charge on any atom is 0.160 e. The number of ether oxygens (including phenoxy) is 1. The summed E-state index contributed by atoms with van der Waals surface area (Å²) in [6.45, 7) is 2.36. The van der Waals surface area contributed by atoms with Gasteiger partial charge in [-0.25, -0.2) is 0 Å². The summed E-state index contributed by atoms with van der Waals surface area (Å²) in [4.78, 5) is 0. The van der Waals surface area contributed by atoms with Crippen LogP contribution in [0, 0.1) is 5.92 Å².